The van der Waals surface area contributed by atoms with E-state index in [9.17, 15) is 0 Å². The fraction of sp³-hybridized carbons (Fsp3) is 0.375. The van der Waals surface area contributed by atoms with Crippen LogP contribution in [0.2, 0.25) is 0 Å². The normalized spacial score (nSPS) is 13.0. The zero-order valence-corrected chi connectivity index (χ0v) is 9.31. The second kappa shape index (κ2) is 4.12. The molecule has 0 saturated heterocycles. The molecule has 4 nitrogen and oxygen atoms in total. The van der Waals surface area contributed by atoms with E-state index in [1.165, 1.54) is 11.5 Å². The molecule has 2 aromatic heterocycles. The summed E-state index contributed by atoms with van der Waals surface area (Å²) in [5, 5.41) is 6.88. The van der Waals surface area contributed by atoms with Crippen molar-refractivity contribution >= 4 is 22.9 Å². The molecule has 0 aliphatic carbocycles. The van der Waals surface area contributed by atoms with Crippen LogP contribution in [0.4, 0.5) is 0 Å². The molecule has 2 N–H and O–H groups in total. The van der Waals surface area contributed by atoms with Gasteiger partial charge in [0, 0.05) is 17.8 Å². The molecule has 0 fully saturated rings. The smallest absolute Gasteiger partial charge is 0.0897 e. The highest BCUT2D eigenvalue weighted by atomic mass is 32.1. The topological polar surface area (TPSA) is 64.7 Å². The van der Waals surface area contributed by atoms with Crippen LogP contribution in [0.15, 0.2) is 11.6 Å². The Balaban J connectivity index is 2.05. The minimum Gasteiger partial charge on any atom is -0.323 e. The maximum absolute atomic E-state index is 5.98. The van der Waals surface area contributed by atoms with Crippen LogP contribution < -0.4 is 5.73 Å². The van der Waals surface area contributed by atoms with E-state index in [1.54, 1.807) is 17.5 Å². The Hall–Kier alpha value is -0.850. The van der Waals surface area contributed by atoms with Crippen LogP contribution in [0.25, 0.3) is 0 Å². The lowest BCUT2D eigenvalue weighted by Gasteiger charge is -2.04. The van der Waals surface area contributed by atoms with E-state index < -0.39 is 0 Å². The van der Waals surface area contributed by atoms with Gasteiger partial charge in [0.25, 0.3) is 0 Å². The van der Waals surface area contributed by atoms with Gasteiger partial charge in [0.1, 0.15) is 0 Å². The van der Waals surface area contributed by atoms with Crippen LogP contribution in [0.5, 0.6) is 0 Å². The van der Waals surface area contributed by atoms with Crippen LogP contribution in [-0.4, -0.2) is 14.6 Å². The highest BCUT2D eigenvalue weighted by molar-refractivity contribution is 7.09. The molecule has 2 rings (SSSR count). The van der Waals surface area contributed by atoms with Gasteiger partial charge in [-0.15, -0.1) is 16.4 Å². The van der Waals surface area contributed by atoms with Crippen molar-refractivity contribution in [3.8, 4) is 0 Å². The van der Waals surface area contributed by atoms with Crippen molar-refractivity contribution in [3.05, 3.63) is 27.2 Å². The number of thiazole rings is 1. The summed E-state index contributed by atoms with van der Waals surface area (Å²) in [6.07, 6.45) is 2.47. The van der Waals surface area contributed by atoms with E-state index in [4.69, 9.17) is 5.73 Å². The second-order valence-corrected chi connectivity index (χ2v) is 4.87. The van der Waals surface area contributed by atoms with E-state index in [2.05, 4.69) is 14.6 Å². The van der Waals surface area contributed by atoms with Crippen LogP contribution in [-0.2, 0) is 6.42 Å². The van der Waals surface area contributed by atoms with E-state index >= 15 is 0 Å². The van der Waals surface area contributed by atoms with Crippen molar-refractivity contribution in [1.82, 2.24) is 14.6 Å². The SMILES string of the molecule is Cc1nc(CC(N)c2cnns2)cs1. The summed E-state index contributed by atoms with van der Waals surface area (Å²) in [5.74, 6) is 0. The first-order chi connectivity index (χ1) is 6.75. The van der Waals surface area contributed by atoms with E-state index in [0.29, 0.717) is 0 Å². The molecule has 0 bridgehead atoms. The number of aryl methyl sites for hydroxylation is 1. The molecule has 0 radical (unpaired) electrons. The Morgan fingerprint density at radius 3 is 3.00 bits per heavy atom. The first kappa shape index (κ1) is 9.70. The Bertz CT molecular complexity index is 395. The van der Waals surface area contributed by atoms with Crippen molar-refractivity contribution in [2.24, 2.45) is 5.73 Å². The molecular weight excluding hydrogens is 216 g/mol. The molecule has 2 heterocycles. The standard InChI is InChI=1S/C8H10N4S2/c1-5-11-6(4-13-5)2-7(9)8-3-10-12-14-8/h3-4,7H,2,9H2,1H3. The lowest BCUT2D eigenvalue weighted by molar-refractivity contribution is 0.720. The summed E-state index contributed by atoms with van der Waals surface area (Å²) >= 11 is 3.00. The molecule has 0 amide bonds. The molecule has 6 heteroatoms. The predicted molar refractivity (Wildman–Crippen MR) is 57.4 cm³/mol. The third kappa shape index (κ3) is 2.14. The van der Waals surface area contributed by atoms with Crippen LogP contribution in [0.1, 0.15) is 21.6 Å². The molecule has 74 valence electrons. The molecule has 2 aromatic rings. The number of nitrogens with two attached hydrogens (primary N) is 1. The van der Waals surface area contributed by atoms with E-state index in [1.807, 2.05) is 12.3 Å². The minimum atomic E-state index is -0.0310. The first-order valence-electron chi connectivity index (χ1n) is 4.19. The molecular formula is C8H10N4S2. The zero-order chi connectivity index (χ0) is 9.97. The van der Waals surface area contributed by atoms with Gasteiger partial charge in [0.05, 0.1) is 21.8 Å². The molecule has 14 heavy (non-hydrogen) atoms. The van der Waals surface area contributed by atoms with Crippen molar-refractivity contribution in [2.75, 3.05) is 0 Å². The Kier molecular flexibility index (Phi) is 2.85. The number of nitrogens with zero attached hydrogens (tertiary/aromatic N) is 3. The van der Waals surface area contributed by atoms with Gasteiger partial charge in [-0.1, -0.05) is 4.49 Å². The van der Waals surface area contributed by atoms with Gasteiger partial charge in [0.2, 0.25) is 0 Å². The molecule has 1 atom stereocenters. The second-order valence-electron chi connectivity index (χ2n) is 2.99. The summed E-state index contributed by atoms with van der Waals surface area (Å²) in [5.41, 5.74) is 7.03. The van der Waals surface area contributed by atoms with Gasteiger partial charge in [-0.2, -0.15) is 0 Å². The number of hydrogen-bond acceptors (Lipinski definition) is 6. The van der Waals surface area contributed by atoms with Crippen LogP contribution in [0, 0.1) is 6.92 Å². The summed E-state index contributed by atoms with van der Waals surface area (Å²) in [7, 11) is 0. The largest absolute Gasteiger partial charge is 0.323 e. The maximum Gasteiger partial charge on any atom is 0.0897 e. The molecule has 1 unspecified atom stereocenters. The Morgan fingerprint density at radius 2 is 2.43 bits per heavy atom. The fourth-order valence-corrected chi connectivity index (χ4v) is 2.29. The number of aromatic nitrogens is 3. The third-order valence-electron chi connectivity index (χ3n) is 1.84. The molecule has 0 spiro atoms. The van der Waals surface area contributed by atoms with Crippen molar-refractivity contribution in [1.29, 1.82) is 0 Å². The molecule has 0 saturated carbocycles. The van der Waals surface area contributed by atoms with E-state index in [-0.39, 0.29) is 6.04 Å². The maximum atomic E-state index is 5.98. The van der Waals surface area contributed by atoms with Gasteiger partial charge in [0.15, 0.2) is 0 Å². The average molecular weight is 226 g/mol. The average Bonchev–Trinajstić information content (AvgIpc) is 2.75. The van der Waals surface area contributed by atoms with E-state index in [0.717, 1.165) is 22.0 Å². The highest BCUT2D eigenvalue weighted by Crippen LogP contribution is 2.18. The van der Waals surface area contributed by atoms with Gasteiger partial charge in [-0.25, -0.2) is 4.98 Å². The van der Waals surface area contributed by atoms with Gasteiger partial charge < -0.3 is 5.73 Å². The molecule has 0 aliphatic heterocycles. The van der Waals surface area contributed by atoms with Crippen molar-refractivity contribution in [3.63, 3.8) is 0 Å². The van der Waals surface area contributed by atoms with Crippen LogP contribution in [0.3, 0.4) is 0 Å². The Labute approximate surface area is 90.0 Å². The van der Waals surface area contributed by atoms with Crippen molar-refractivity contribution < 1.29 is 0 Å². The first-order valence-corrected chi connectivity index (χ1v) is 5.85. The van der Waals surface area contributed by atoms with Gasteiger partial charge >= 0.3 is 0 Å². The summed E-state index contributed by atoms with van der Waals surface area (Å²) < 4.78 is 3.78. The van der Waals surface area contributed by atoms with Gasteiger partial charge in [-0.05, 0) is 18.5 Å². The minimum absolute atomic E-state index is 0.0310. The zero-order valence-electron chi connectivity index (χ0n) is 7.67. The van der Waals surface area contributed by atoms with Crippen molar-refractivity contribution in [2.45, 2.75) is 19.4 Å². The number of rotatable bonds is 3. The monoisotopic (exact) mass is 226 g/mol. The fourth-order valence-electron chi connectivity index (χ4n) is 1.17. The lowest BCUT2D eigenvalue weighted by atomic mass is 10.1. The highest BCUT2D eigenvalue weighted by Gasteiger charge is 2.11. The van der Waals surface area contributed by atoms with Gasteiger partial charge in [-0.3, -0.25) is 0 Å². The van der Waals surface area contributed by atoms with Crippen LogP contribution >= 0.6 is 22.9 Å². The summed E-state index contributed by atoms with van der Waals surface area (Å²) in [6.45, 7) is 1.99. The Morgan fingerprint density at radius 1 is 1.57 bits per heavy atom. The quantitative estimate of drug-likeness (QED) is 0.862. The molecule has 0 aliphatic rings. The molecule has 0 aromatic carbocycles. The third-order valence-corrected chi connectivity index (χ3v) is 3.46. The summed E-state index contributed by atoms with van der Waals surface area (Å²) in [4.78, 5) is 5.37. The number of hydrogen-bond donors (Lipinski definition) is 1. The lowest BCUT2D eigenvalue weighted by Crippen LogP contribution is -2.11. The summed E-state index contributed by atoms with van der Waals surface area (Å²) in [6, 6.07) is -0.0310. The predicted octanol–water partition coefficient (Wildman–Crippen LogP) is 1.55.